The summed E-state index contributed by atoms with van der Waals surface area (Å²) in [6.07, 6.45) is 0. The van der Waals surface area contributed by atoms with Crippen molar-refractivity contribution in [3.8, 4) is 0 Å². The van der Waals surface area contributed by atoms with E-state index in [4.69, 9.17) is 16.2 Å². The Labute approximate surface area is 69.3 Å². The van der Waals surface area contributed by atoms with Crippen LogP contribution in [0.25, 0.3) is 0 Å². The van der Waals surface area contributed by atoms with Crippen molar-refractivity contribution in [1.82, 2.24) is 0 Å². The molecule has 0 aliphatic carbocycles. The van der Waals surface area contributed by atoms with Crippen LogP contribution in [0.5, 0.6) is 0 Å². The van der Waals surface area contributed by atoms with E-state index in [-0.39, 0.29) is 0 Å². The van der Waals surface area contributed by atoms with Gasteiger partial charge in [0.2, 0.25) is 0 Å². The molecule has 1 rings (SSSR count). The minimum Gasteiger partial charge on any atom is -0.398 e. The smallest absolute Gasteiger partial charge is 0.398 e. The van der Waals surface area contributed by atoms with E-state index in [9.17, 15) is 0 Å². The highest BCUT2D eigenvalue weighted by molar-refractivity contribution is 6.60. The van der Waals surface area contributed by atoms with Crippen LogP contribution < -0.4 is 11.2 Å². The summed E-state index contributed by atoms with van der Waals surface area (Å²) >= 11 is 0. The molecule has 1 aromatic rings. The summed E-state index contributed by atoms with van der Waals surface area (Å²) in [5.41, 5.74) is 6.05. The van der Waals surface area contributed by atoms with Crippen LogP contribution >= 0.6 is 0 Å². The van der Waals surface area contributed by atoms with Crippen LogP contribution in [0.2, 0.25) is 0 Å². The lowest BCUT2D eigenvalue weighted by Crippen LogP contribution is -2.35. The van der Waals surface area contributed by atoms with Crippen molar-refractivity contribution in [3.05, 3.63) is 24.3 Å². The van der Waals surface area contributed by atoms with Crippen LogP contribution in [0.15, 0.2) is 18.2 Å². The lowest BCUT2D eigenvalue weighted by molar-refractivity contribution is -0.221. The van der Waals surface area contributed by atoms with E-state index < -0.39 is 7.12 Å². The lowest BCUT2D eigenvalue weighted by Gasteiger charge is -2.04. The van der Waals surface area contributed by atoms with Gasteiger partial charge in [-0.2, -0.15) is 0 Å². The summed E-state index contributed by atoms with van der Waals surface area (Å²) in [5.74, 6) is 0. The predicted molar refractivity (Wildman–Crippen MR) is 42.5 cm³/mol. The highest BCUT2D eigenvalue weighted by Crippen LogP contribution is 1.97. The lowest BCUT2D eigenvalue weighted by atomic mass is 9.80. The largest absolute Gasteiger partial charge is 0.554 e. The minimum atomic E-state index is -1.27. The topological polar surface area (TPSA) is 84.9 Å². The van der Waals surface area contributed by atoms with Crippen LogP contribution in [0.3, 0.4) is 0 Å². The third-order valence-electron chi connectivity index (χ3n) is 1.29. The third-order valence-corrected chi connectivity index (χ3v) is 1.29. The number of benzene rings is 1. The molecule has 0 atom stereocenters. The SMILES string of the molecule is Nc1[c]c(B(OO)OO)ccc1. The highest BCUT2D eigenvalue weighted by atomic mass is 17.2. The molecule has 0 saturated carbocycles. The third kappa shape index (κ3) is 1.96. The Bertz CT molecular complexity index is 253. The van der Waals surface area contributed by atoms with Gasteiger partial charge in [-0.15, -0.1) is 0 Å². The van der Waals surface area contributed by atoms with Gasteiger partial charge >= 0.3 is 7.12 Å². The molecule has 0 spiro atoms. The zero-order chi connectivity index (χ0) is 8.97. The Hall–Kier alpha value is -1.08. The molecule has 63 valence electrons. The Morgan fingerprint density at radius 3 is 2.50 bits per heavy atom. The first-order valence-corrected chi connectivity index (χ1v) is 3.16. The molecule has 0 bridgehead atoms. The quantitative estimate of drug-likeness (QED) is 0.250. The van der Waals surface area contributed by atoms with Gasteiger partial charge in [0.05, 0.1) is 0 Å². The van der Waals surface area contributed by atoms with Gasteiger partial charge in [-0.3, -0.25) is 20.1 Å². The molecule has 0 aliphatic rings. The standard InChI is InChI=1S/C6H7BNO4/c8-6-3-1-2-5(4-6)7(11-9)12-10/h1-3,9-10H,8H2. The Balaban J connectivity index is 2.85. The first kappa shape index (κ1) is 9.02. The summed E-state index contributed by atoms with van der Waals surface area (Å²) in [7, 11) is -1.27. The molecule has 0 unspecified atom stereocenters. The molecule has 0 heterocycles. The van der Waals surface area contributed by atoms with Crippen LogP contribution in [0.1, 0.15) is 0 Å². The molecule has 0 fully saturated rings. The zero-order valence-corrected chi connectivity index (χ0v) is 6.10. The van der Waals surface area contributed by atoms with E-state index in [1.807, 2.05) is 0 Å². The Morgan fingerprint density at radius 2 is 2.00 bits per heavy atom. The number of hydrogen-bond acceptors (Lipinski definition) is 5. The molecule has 0 amide bonds. The number of nitrogens with two attached hydrogens (primary N) is 1. The Morgan fingerprint density at radius 1 is 1.33 bits per heavy atom. The monoisotopic (exact) mass is 168 g/mol. The maximum absolute atomic E-state index is 8.22. The molecule has 5 nitrogen and oxygen atoms in total. The second-order valence-electron chi connectivity index (χ2n) is 2.10. The van der Waals surface area contributed by atoms with Gasteiger partial charge < -0.3 is 5.73 Å². The van der Waals surface area contributed by atoms with Gasteiger partial charge in [0.15, 0.2) is 0 Å². The van der Waals surface area contributed by atoms with E-state index in [0.717, 1.165) is 0 Å². The molecule has 6 heteroatoms. The fourth-order valence-corrected chi connectivity index (χ4v) is 0.776. The van der Waals surface area contributed by atoms with Crippen molar-refractivity contribution in [3.63, 3.8) is 0 Å². The first-order chi connectivity index (χ1) is 5.77. The second kappa shape index (κ2) is 4.08. The maximum Gasteiger partial charge on any atom is 0.554 e. The number of nitrogen functional groups attached to an aromatic ring is 1. The number of hydrogen-bond donors (Lipinski definition) is 3. The first-order valence-electron chi connectivity index (χ1n) is 3.16. The summed E-state index contributed by atoms with van der Waals surface area (Å²) in [6, 6.07) is 7.38. The second-order valence-corrected chi connectivity index (χ2v) is 2.10. The molecule has 12 heavy (non-hydrogen) atoms. The van der Waals surface area contributed by atoms with Gasteiger partial charge in [-0.1, -0.05) is 12.1 Å². The van der Waals surface area contributed by atoms with Gasteiger partial charge in [-0.05, 0) is 11.5 Å². The van der Waals surface area contributed by atoms with E-state index in [1.54, 1.807) is 12.1 Å². The van der Waals surface area contributed by atoms with Gasteiger partial charge in [0.1, 0.15) is 0 Å². The molecular weight excluding hydrogens is 161 g/mol. The number of rotatable bonds is 3. The van der Waals surface area contributed by atoms with Gasteiger partial charge in [0.25, 0.3) is 0 Å². The van der Waals surface area contributed by atoms with Crippen molar-refractivity contribution in [2.75, 3.05) is 5.73 Å². The molecule has 0 aromatic heterocycles. The normalized spacial score (nSPS) is 9.83. The van der Waals surface area contributed by atoms with Crippen LogP contribution in [0.4, 0.5) is 5.69 Å². The average molecular weight is 168 g/mol. The van der Waals surface area contributed by atoms with E-state index in [2.05, 4.69) is 15.7 Å². The summed E-state index contributed by atoms with van der Waals surface area (Å²) in [4.78, 5) is 7.56. The van der Waals surface area contributed by atoms with Gasteiger partial charge in [-0.25, -0.2) is 0 Å². The minimum absolute atomic E-state index is 0.306. The number of anilines is 1. The van der Waals surface area contributed by atoms with Crippen molar-refractivity contribution in [2.24, 2.45) is 0 Å². The fourth-order valence-electron chi connectivity index (χ4n) is 0.776. The van der Waals surface area contributed by atoms with Crippen molar-refractivity contribution < 1.29 is 20.1 Å². The fraction of sp³-hybridized carbons (Fsp3) is 0. The van der Waals surface area contributed by atoms with Crippen LogP contribution in [0, 0.1) is 6.07 Å². The maximum atomic E-state index is 8.22. The van der Waals surface area contributed by atoms with Crippen molar-refractivity contribution in [1.29, 1.82) is 0 Å². The molecular formula is C6H7BNO4. The molecule has 0 aliphatic heterocycles. The van der Waals surface area contributed by atoms with Crippen LogP contribution in [-0.4, -0.2) is 17.6 Å². The molecule has 1 radical (unpaired) electrons. The Kier molecular flexibility index (Phi) is 3.06. The summed E-state index contributed by atoms with van der Waals surface area (Å²) < 4.78 is 0. The van der Waals surface area contributed by atoms with E-state index >= 15 is 0 Å². The zero-order valence-electron chi connectivity index (χ0n) is 6.10. The summed E-state index contributed by atoms with van der Waals surface area (Å²) in [5, 5.41) is 16.4. The van der Waals surface area contributed by atoms with Crippen molar-refractivity contribution >= 4 is 18.3 Å². The van der Waals surface area contributed by atoms with Gasteiger partial charge in [0, 0.05) is 11.8 Å². The molecule has 1 aromatic carbocycles. The summed E-state index contributed by atoms with van der Waals surface area (Å²) in [6.45, 7) is 0. The average Bonchev–Trinajstić information content (AvgIpc) is 2.07. The van der Waals surface area contributed by atoms with Crippen molar-refractivity contribution in [2.45, 2.75) is 0 Å². The van der Waals surface area contributed by atoms with E-state index in [0.29, 0.717) is 11.2 Å². The predicted octanol–water partition coefficient (Wildman–Crippen LogP) is -0.257. The van der Waals surface area contributed by atoms with Crippen LogP contribution in [-0.2, 0) is 9.61 Å². The van der Waals surface area contributed by atoms with E-state index in [1.165, 1.54) is 6.07 Å². The molecule has 4 N–H and O–H groups in total. The highest BCUT2D eigenvalue weighted by Gasteiger charge is 2.21. The molecule has 0 saturated heterocycles.